The smallest absolute Gasteiger partial charge is 0.344 e. The fraction of sp³-hybridized carbons (Fsp3) is 0.250. The summed E-state index contributed by atoms with van der Waals surface area (Å²) in [4.78, 5) is 39.9. The van der Waals surface area contributed by atoms with Crippen LogP contribution in [0.5, 0.6) is 0 Å². The number of carbonyl (C=O) groups is 2. The molecule has 2 aromatic rings. The first-order valence-corrected chi connectivity index (χ1v) is 7.35. The SMILES string of the molecule is Cl.O=C(O)c1cc(-c2cnc(=O)[nH]c2)cc([C@H]2CCN[C@@H]2C(=O)O)c1. The second-order valence-electron chi connectivity index (χ2n) is 5.62. The molecule has 0 bridgehead atoms. The third-order valence-electron chi connectivity index (χ3n) is 4.12. The molecule has 2 atom stereocenters. The maximum atomic E-state index is 11.4. The molecule has 132 valence electrons. The summed E-state index contributed by atoms with van der Waals surface area (Å²) in [6.45, 7) is 0.550. The van der Waals surface area contributed by atoms with Gasteiger partial charge in [0.05, 0.1) is 5.56 Å². The first kappa shape index (κ1) is 18.6. The summed E-state index contributed by atoms with van der Waals surface area (Å²) in [6.07, 6.45) is 3.40. The average molecular weight is 366 g/mol. The molecule has 0 radical (unpaired) electrons. The monoisotopic (exact) mass is 365 g/mol. The molecule has 1 aromatic heterocycles. The number of H-pyrrole nitrogens is 1. The largest absolute Gasteiger partial charge is 0.480 e. The lowest BCUT2D eigenvalue weighted by atomic mass is 9.88. The molecule has 2 heterocycles. The van der Waals surface area contributed by atoms with Gasteiger partial charge in [-0.25, -0.2) is 14.6 Å². The van der Waals surface area contributed by atoms with Crippen molar-refractivity contribution in [3.05, 3.63) is 52.2 Å². The van der Waals surface area contributed by atoms with Crippen LogP contribution in [0.15, 0.2) is 35.4 Å². The van der Waals surface area contributed by atoms with E-state index in [4.69, 9.17) is 0 Å². The second-order valence-corrected chi connectivity index (χ2v) is 5.62. The predicted octanol–water partition coefficient (Wildman–Crippen LogP) is 1.09. The molecule has 4 N–H and O–H groups in total. The highest BCUT2D eigenvalue weighted by molar-refractivity contribution is 5.90. The van der Waals surface area contributed by atoms with Crippen LogP contribution in [0.25, 0.3) is 11.1 Å². The fourth-order valence-corrected chi connectivity index (χ4v) is 2.98. The van der Waals surface area contributed by atoms with Gasteiger partial charge >= 0.3 is 17.6 Å². The Morgan fingerprint density at radius 3 is 2.52 bits per heavy atom. The minimum absolute atomic E-state index is 0. The number of hydrogen-bond acceptors (Lipinski definition) is 5. The highest BCUT2D eigenvalue weighted by Gasteiger charge is 2.34. The van der Waals surface area contributed by atoms with E-state index in [2.05, 4.69) is 15.3 Å². The number of benzene rings is 1. The van der Waals surface area contributed by atoms with Gasteiger partial charge in [-0.3, -0.25) is 4.79 Å². The Hall–Kier alpha value is -2.71. The van der Waals surface area contributed by atoms with Crippen LogP contribution in [0, 0.1) is 0 Å². The highest BCUT2D eigenvalue weighted by Crippen LogP contribution is 2.32. The molecule has 25 heavy (non-hydrogen) atoms. The van der Waals surface area contributed by atoms with Gasteiger partial charge in [-0.15, -0.1) is 12.4 Å². The lowest BCUT2D eigenvalue weighted by Crippen LogP contribution is -2.34. The normalized spacial score (nSPS) is 19.2. The summed E-state index contributed by atoms with van der Waals surface area (Å²) >= 11 is 0. The van der Waals surface area contributed by atoms with Crippen LogP contribution >= 0.6 is 12.4 Å². The number of aliphatic carboxylic acids is 1. The summed E-state index contributed by atoms with van der Waals surface area (Å²) in [5.74, 6) is -2.39. The summed E-state index contributed by atoms with van der Waals surface area (Å²) in [6, 6.07) is 3.96. The van der Waals surface area contributed by atoms with Gasteiger partial charge in [0, 0.05) is 23.9 Å². The molecule has 1 aromatic carbocycles. The third-order valence-corrected chi connectivity index (χ3v) is 4.12. The van der Waals surface area contributed by atoms with E-state index >= 15 is 0 Å². The fourth-order valence-electron chi connectivity index (χ4n) is 2.98. The minimum Gasteiger partial charge on any atom is -0.480 e. The lowest BCUT2D eigenvalue weighted by Gasteiger charge is -2.17. The second kappa shape index (κ2) is 7.45. The van der Waals surface area contributed by atoms with Gasteiger partial charge < -0.3 is 20.5 Å². The van der Waals surface area contributed by atoms with Crippen LogP contribution in [-0.4, -0.2) is 44.7 Å². The van der Waals surface area contributed by atoms with Crippen molar-refractivity contribution in [2.24, 2.45) is 0 Å². The Bertz CT molecular complexity index is 847. The number of aromatic nitrogens is 2. The maximum Gasteiger partial charge on any atom is 0.344 e. The number of halogens is 1. The molecular weight excluding hydrogens is 350 g/mol. The van der Waals surface area contributed by atoms with E-state index in [1.807, 2.05) is 0 Å². The van der Waals surface area contributed by atoms with Crippen LogP contribution in [0.1, 0.15) is 28.3 Å². The summed E-state index contributed by atoms with van der Waals surface area (Å²) in [5, 5.41) is 21.6. The van der Waals surface area contributed by atoms with Crippen molar-refractivity contribution in [2.75, 3.05) is 6.54 Å². The van der Waals surface area contributed by atoms with Crippen molar-refractivity contribution in [2.45, 2.75) is 18.4 Å². The Balaban J connectivity index is 0.00000225. The number of hydrogen-bond donors (Lipinski definition) is 4. The van der Waals surface area contributed by atoms with Crippen LogP contribution in [0.3, 0.4) is 0 Å². The topological polar surface area (TPSA) is 132 Å². The average Bonchev–Trinajstić information content (AvgIpc) is 3.05. The third kappa shape index (κ3) is 3.86. The number of aromatic carboxylic acids is 1. The number of carboxylic acid groups (broad SMARTS) is 2. The quantitative estimate of drug-likeness (QED) is 0.637. The van der Waals surface area contributed by atoms with Gasteiger partial charge in [-0.1, -0.05) is 6.07 Å². The Morgan fingerprint density at radius 2 is 1.92 bits per heavy atom. The van der Waals surface area contributed by atoms with Crippen molar-refractivity contribution in [1.29, 1.82) is 0 Å². The van der Waals surface area contributed by atoms with Crippen LogP contribution in [0.2, 0.25) is 0 Å². The van der Waals surface area contributed by atoms with Gasteiger partial charge in [0.1, 0.15) is 6.04 Å². The van der Waals surface area contributed by atoms with E-state index in [0.29, 0.717) is 29.7 Å². The number of nitrogens with one attached hydrogen (secondary N) is 2. The van der Waals surface area contributed by atoms with Crippen LogP contribution in [0.4, 0.5) is 0 Å². The Morgan fingerprint density at radius 1 is 1.16 bits per heavy atom. The van der Waals surface area contributed by atoms with Crippen molar-refractivity contribution >= 4 is 24.3 Å². The summed E-state index contributed by atoms with van der Waals surface area (Å²) < 4.78 is 0. The number of carboxylic acids is 2. The molecule has 0 aliphatic carbocycles. The Kier molecular flexibility index (Phi) is 5.55. The van der Waals surface area contributed by atoms with Gasteiger partial charge in [0.15, 0.2) is 0 Å². The van der Waals surface area contributed by atoms with E-state index in [0.717, 1.165) is 0 Å². The number of aromatic amines is 1. The molecule has 8 nitrogen and oxygen atoms in total. The van der Waals surface area contributed by atoms with Gasteiger partial charge in [-0.05, 0) is 36.2 Å². The predicted molar refractivity (Wildman–Crippen MR) is 91.3 cm³/mol. The first-order chi connectivity index (χ1) is 11.5. The van der Waals surface area contributed by atoms with Crippen molar-refractivity contribution < 1.29 is 19.8 Å². The standard InChI is InChI=1S/C16H15N3O5.ClH/c20-14(21)10-4-8(11-6-18-16(24)19-7-11)3-9(5-10)12-1-2-17-13(12)15(22)23;/h3-7,12-13,17H,1-2H2,(H,20,21)(H,22,23)(H,18,19,24);1H/t12-,13+;/m1./s1. The van der Waals surface area contributed by atoms with E-state index in [9.17, 15) is 24.6 Å². The molecule has 1 aliphatic rings. The van der Waals surface area contributed by atoms with E-state index in [1.165, 1.54) is 24.5 Å². The van der Waals surface area contributed by atoms with E-state index in [-0.39, 0.29) is 23.9 Å². The van der Waals surface area contributed by atoms with Gasteiger partial charge in [0.25, 0.3) is 0 Å². The zero-order chi connectivity index (χ0) is 17.3. The molecule has 0 amide bonds. The van der Waals surface area contributed by atoms with E-state index in [1.54, 1.807) is 6.07 Å². The highest BCUT2D eigenvalue weighted by atomic mass is 35.5. The van der Waals surface area contributed by atoms with Crippen molar-refractivity contribution in [3.8, 4) is 11.1 Å². The molecule has 0 saturated carbocycles. The Labute approximate surface area is 148 Å². The zero-order valence-corrected chi connectivity index (χ0v) is 13.7. The van der Waals surface area contributed by atoms with Crippen LogP contribution < -0.4 is 11.0 Å². The van der Waals surface area contributed by atoms with Gasteiger partial charge in [-0.2, -0.15) is 0 Å². The summed E-state index contributed by atoms with van der Waals surface area (Å²) in [7, 11) is 0. The van der Waals surface area contributed by atoms with Crippen molar-refractivity contribution in [3.63, 3.8) is 0 Å². The number of nitrogens with zero attached hydrogens (tertiary/aromatic N) is 1. The molecule has 1 aliphatic heterocycles. The minimum atomic E-state index is -1.10. The number of rotatable bonds is 4. The molecule has 0 unspecified atom stereocenters. The lowest BCUT2D eigenvalue weighted by molar-refractivity contribution is -0.139. The maximum absolute atomic E-state index is 11.4. The van der Waals surface area contributed by atoms with Crippen LogP contribution in [-0.2, 0) is 4.79 Å². The molecule has 1 fully saturated rings. The molecule has 0 spiro atoms. The molecular formula is C16H16ClN3O5. The first-order valence-electron chi connectivity index (χ1n) is 7.35. The summed E-state index contributed by atoms with van der Waals surface area (Å²) in [5.41, 5.74) is 1.30. The van der Waals surface area contributed by atoms with Crippen molar-refractivity contribution in [1.82, 2.24) is 15.3 Å². The molecule has 3 rings (SSSR count). The zero-order valence-electron chi connectivity index (χ0n) is 12.9. The molecule has 1 saturated heterocycles. The van der Waals surface area contributed by atoms with E-state index < -0.39 is 23.7 Å². The van der Waals surface area contributed by atoms with Gasteiger partial charge in [0.2, 0.25) is 0 Å². The molecule has 9 heteroatoms.